The van der Waals surface area contributed by atoms with Gasteiger partial charge in [0, 0.05) is 30.6 Å². The molecule has 0 aliphatic heterocycles. The molecule has 208 valence electrons. The van der Waals surface area contributed by atoms with Crippen molar-refractivity contribution in [3.05, 3.63) is 94.8 Å². The molecular formula is C31H33N3O6. The Morgan fingerprint density at radius 3 is 2.38 bits per heavy atom. The third-order valence-electron chi connectivity index (χ3n) is 6.11. The van der Waals surface area contributed by atoms with Gasteiger partial charge in [-0.2, -0.15) is 0 Å². The van der Waals surface area contributed by atoms with Crippen molar-refractivity contribution in [2.75, 3.05) is 24.4 Å². The van der Waals surface area contributed by atoms with Crippen LogP contribution in [0.5, 0.6) is 5.75 Å². The zero-order valence-corrected chi connectivity index (χ0v) is 23.2. The third kappa shape index (κ3) is 6.99. The number of carbonyl (C=O) groups excluding carboxylic acids is 2. The van der Waals surface area contributed by atoms with Crippen LogP contribution in [-0.4, -0.2) is 37.8 Å². The molecule has 1 heterocycles. The van der Waals surface area contributed by atoms with Crippen molar-refractivity contribution in [2.24, 2.45) is 0 Å². The lowest BCUT2D eigenvalue weighted by molar-refractivity contribution is -0.118. The van der Waals surface area contributed by atoms with E-state index in [-0.39, 0.29) is 6.42 Å². The topological polar surface area (TPSA) is 110 Å². The van der Waals surface area contributed by atoms with Crippen LogP contribution in [0.2, 0.25) is 0 Å². The highest BCUT2D eigenvalue weighted by Gasteiger charge is 2.26. The van der Waals surface area contributed by atoms with E-state index in [4.69, 9.17) is 13.9 Å². The third-order valence-corrected chi connectivity index (χ3v) is 6.11. The average molecular weight is 544 g/mol. The quantitative estimate of drug-likeness (QED) is 0.277. The molecule has 40 heavy (non-hydrogen) atoms. The van der Waals surface area contributed by atoms with Gasteiger partial charge in [0.2, 0.25) is 5.91 Å². The highest BCUT2D eigenvalue weighted by atomic mass is 16.6. The summed E-state index contributed by atoms with van der Waals surface area (Å²) in [6.45, 7) is 5.27. The minimum absolute atomic E-state index is 0.250. The van der Waals surface area contributed by atoms with Crippen molar-refractivity contribution in [1.82, 2.24) is 5.32 Å². The van der Waals surface area contributed by atoms with E-state index in [0.29, 0.717) is 28.4 Å². The van der Waals surface area contributed by atoms with Gasteiger partial charge in [0.25, 0.3) is 0 Å². The highest BCUT2D eigenvalue weighted by Crippen LogP contribution is 2.34. The van der Waals surface area contributed by atoms with E-state index in [1.54, 1.807) is 45.0 Å². The van der Waals surface area contributed by atoms with Gasteiger partial charge >= 0.3 is 11.7 Å². The maximum absolute atomic E-state index is 13.6. The summed E-state index contributed by atoms with van der Waals surface area (Å²) in [4.78, 5) is 40.2. The SMILES string of the molecule is COc1ccc(N(C)c2cc(=O)oc3ccccc23)cc1NC(=O)C(Cc1ccccc1)NC(=O)OC(C)(C)C. The minimum atomic E-state index is -0.925. The minimum Gasteiger partial charge on any atom is -0.495 e. The van der Waals surface area contributed by atoms with Gasteiger partial charge < -0.3 is 29.4 Å². The van der Waals surface area contributed by atoms with Gasteiger partial charge in [-0.1, -0.05) is 42.5 Å². The summed E-state index contributed by atoms with van der Waals surface area (Å²) >= 11 is 0. The lowest BCUT2D eigenvalue weighted by Gasteiger charge is -2.25. The molecule has 0 saturated heterocycles. The van der Waals surface area contributed by atoms with E-state index in [1.807, 2.05) is 60.5 Å². The van der Waals surface area contributed by atoms with Crippen LogP contribution >= 0.6 is 0 Å². The molecule has 0 fully saturated rings. The van der Waals surface area contributed by atoms with Gasteiger partial charge in [-0.05, 0) is 56.7 Å². The highest BCUT2D eigenvalue weighted by molar-refractivity contribution is 5.99. The lowest BCUT2D eigenvalue weighted by Crippen LogP contribution is -2.47. The molecule has 3 aromatic carbocycles. The Hall–Kier alpha value is -4.79. The number of anilines is 3. The monoisotopic (exact) mass is 543 g/mol. The van der Waals surface area contributed by atoms with E-state index in [2.05, 4.69) is 10.6 Å². The van der Waals surface area contributed by atoms with Gasteiger partial charge in [-0.3, -0.25) is 4.79 Å². The second kappa shape index (κ2) is 11.9. The first kappa shape index (κ1) is 28.2. The number of nitrogens with zero attached hydrogens (tertiary/aromatic N) is 1. The predicted molar refractivity (Wildman–Crippen MR) is 155 cm³/mol. The summed E-state index contributed by atoms with van der Waals surface area (Å²) < 4.78 is 16.2. The fourth-order valence-electron chi connectivity index (χ4n) is 4.24. The maximum atomic E-state index is 13.6. The van der Waals surface area contributed by atoms with E-state index in [0.717, 1.165) is 10.9 Å². The first-order valence-corrected chi connectivity index (χ1v) is 12.8. The van der Waals surface area contributed by atoms with Gasteiger partial charge in [0.1, 0.15) is 23.0 Å². The van der Waals surface area contributed by atoms with Crippen molar-refractivity contribution in [2.45, 2.75) is 38.8 Å². The van der Waals surface area contributed by atoms with E-state index in [1.165, 1.54) is 13.2 Å². The Kier molecular flexibility index (Phi) is 8.43. The number of hydrogen-bond acceptors (Lipinski definition) is 7. The maximum Gasteiger partial charge on any atom is 0.408 e. The Bertz CT molecular complexity index is 1560. The Morgan fingerprint density at radius 1 is 0.975 bits per heavy atom. The van der Waals surface area contributed by atoms with E-state index in [9.17, 15) is 14.4 Å². The summed E-state index contributed by atoms with van der Waals surface area (Å²) in [5.41, 5.74) is 1.87. The number of rotatable bonds is 8. The number of ether oxygens (including phenoxy) is 2. The Morgan fingerprint density at radius 2 is 1.68 bits per heavy atom. The Labute approximate surface area is 232 Å². The first-order chi connectivity index (χ1) is 19.0. The van der Waals surface area contributed by atoms with Crippen molar-refractivity contribution in [1.29, 1.82) is 0 Å². The first-order valence-electron chi connectivity index (χ1n) is 12.8. The van der Waals surface area contributed by atoms with Crippen LogP contribution in [0, 0.1) is 0 Å². The van der Waals surface area contributed by atoms with Crippen LogP contribution < -0.4 is 25.9 Å². The molecule has 2 N–H and O–H groups in total. The molecule has 4 rings (SSSR count). The summed E-state index contributed by atoms with van der Waals surface area (Å²) in [5, 5.41) is 6.36. The molecule has 0 radical (unpaired) electrons. The number of benzene rings is 3. The Balaban J connectivity index is 1.64. The number of hydrogen-bond donors (Lipinski definition) is 2. The summed E-state index contributed by atoms with van der Waals surface area (Å²) in [6, 6.07) is 22.4. The summed E-state index contributed by atoms with van der Waals surface area (Å²) in [7, 11) is 3.32. The molecule has 9 nitrogen and oxygen atoms in total. The molecule has 1 aromatic heterocycles. The molecule has 1 atom stereocenters. The van der Waals surface area contributed by atoms with Crippen LogP contribution in [0.15, 0.2) is 88.1 Å². The van der Waals surface area contributed by atoms with E-state index < -0.39 is 29.3 Å². The largest absolute Gasteiger partial charge is 0.495 e. The van der Waals surface area contributed by atoms with E-state index >= 15 is 0 Å². The molecule has 0 saturated carbocycles. The van der Waals surface area contributed by atoms with Crippen LogP contribution in [0.1, 0.15) is 26.3 Å². The number of methoxy groups -OCH3 is 1. The van der Waals surface area contributed by atoms with Crippen LogP contribution in [0.25, 0.3) is 11.0 Å². The van der Waals surface area contributed by atoms with Gasteiger partial charge in [-0.15, -0.1) is 0 Å². The fourth-order valence-corrected chi connectivity index (χ4v) is 4.24. The standard InChI is InChI=1S/C31H33N3O6/c1-31(2,3)40-30(37)33-24(17-20-11-7-6-8-12-20)29(36)32-23-18-21(15-16-27(23)38-5)34(4)25-19-28(35)39-26-14-10-9-13-22(25)26/h6-16,18-19,24H,17H2,1-5H3,(H,32,36)(H,33,37). The summed E-state index contributed by atoms with van der Waals surface area (Å²) in [5.74, 6) is -0.0164. The van der Waals surface area contributed by atoms with Crippen LogP contribution in [0.4, 0.5) is 21.9 Å². The molecule has 0 aliphatic rings. The van der Waals surface area contributed by atoms with Crippen molar-refractivity contribution >= 4 is 40.0 Å². The van der Waals surface area contributed by atoms with Crippen molar-refractivity contribution in [3.8, 4) is 5.75 Å². The van der Waals surface area contributed by atoms with Crippen LogP contribution in [0.3, 0.4) is 0 Å². The number of alkyl carbamates (subject to hydrolysis) is 1. The normalized spacial score (nSPS) is 11.9. The predicted octanol–water partition coefficient (Wildman–Crippen LogP) is 5.64. The zero-order chi connectivity index (χ0) is 28.9. The number of carbonyl (C=O) groups is 2. The number of amides is 2. The second-order valence-electron chi connectivity index (χ2n) is 10.3. The average Bonchev–Trinajstić information content (AvgIpc) is 2.91. The molecule has 1 unspecified atom stereocenters. The zero-order valence-electron chi connectivity index (χ0n) is 23.2. The van der Waals surface area contributed by atoms with Crippen LogP contribution in [-0.2, 0) is 16.0 Å². The van der Waals surface area contributed by atoms with Gasteiger partial charge in [0.05, 0.1) is 18.5 Å². The molecule has 9 heteroatoms. The molecule has 2 amide bonds. The fraction of sp³-hybridized carbons (Fsp3) is 0.258. The second-order valence-corrected chi connectivity index (χ2v) is 10.3. The number of nitrogens with one attached hydrogen (secondary N) is 2. The molecule has 0 spiro atoms. The molecule has 4 aromatic rings. The van der Waals surface area contributed by atoms with Gasteiger partial charge in [0.15, 0.2) is 0 Å². The smallest absolute Gasteiger partial charge is 0.408 e. The van der Waals surface area contributed by atoms with Gasteiger partial charge in [-0.25, -0.2) is 9.59 Å². The number of fused-ring (bicyclic) bond motifs is 1. The molecule has 0 aliphatic carbocycles. The number of para-hydroxylation sites is 1. The van der Waals surface area contributed by atoms with Crippen molar-refractivity contribution < 1.29 is 23.5 Å². The summed E-state index contributed by atoms with van der Waals surface area (Å²) in [6.07, 6.45) is -0.446. The van der Waals surface area contributed by atoms with Crippen molar-refractivity contribution in [3.63, 3.8) is 0 Å². The molecular weight excluding hydrogens is 510 g/mol. The lowest BCUT2D eigenvalue weighted by atomic mass is 10.1. The molecule has 0 bridgehead atoms.